The summed E-state index contributed by atoms with van der Waals surface area (Å²) in [6, 6.07) is 41.1. The Kier molecular flexibility index (Phi) is 9.90. The van der Waals surface area contributed by atoms with Gasteiger partial charge in [-0.05, 0) is 77.4 Å². The highest BCUT2D eigenvalue weighted by molar-refractivity contribution is 5.96. The summed E-state index contributed by atoms with van der Waals surface area (Å²) in [6.07, 6.45) is 0.204. The molecule has 5 aromatic rings. The van der Waals surface area contributed by atoms with Gasteiger partial charge in [0.25, 0.3) is 5.91 Å². The minimum absolute atomic E-state index is 0.204. The van der Waals surface area contributed by atoms with Crippen LogP contribution in [0.2, 0.25) is 0 Å². The summed E-state index contributed by atoms with van der Waals surface area (Å²) in [6.45, 7) is 1.23. The number of carboxylic acids is 1. The summed E-state index contributed by atoms with van der Waals surface area (Å²) in [7, 11) is 1.65. The number of methoxy groups -OCH3 is 1. The lowest BCUT2D eigenvalue weighted by Crippen LogP contribution is -2.42. The average molecular weight is 587 g/mol. The van der Waals surface area contributed by atoms with Crippen molar-refractivity contribution in [1.82, 2.24) is 5.32 Å². The third-order valence-electron chi connectivity index (χ3n) is 7.19. The Morgan fingerprint density at radius 3 is 1.75 bits per heavy atom. The highest BCUT2D eigenvalue weighted by Gasteiger charge is 2.21. The van der Waals surface area contributed by atoms with Gasteiger partial charge in [0.1, 0.15) is 23.3 Å². The second kappa shape index (κ2) is 14.6. The van der Waals surface area contributed by atoms with Crippen LogP contribution in [0, 0.1) is 0 Å². The Balaban J connectivity index is 1.30. The van der Waals surface area contributed by atoms with Gasteiger partial charge in [-0.1, -0.05) is 72.8 Å². The maximum Gasteiger partial charge on any atom is 0.326 e. The molecular weight excluding hydrogens is 552 g/mol. The van der Waals surface area contributed by atoms with E-state index in [0.29, 0.717) is 18.7 Å². The van der Waals surface area contributed by atoms with Gasteiger partial charge in [0, 0.05) is 30.8 Å². The van der Waals surface area contributed by atoms with Gasteiger partial charge in [-0.25, -0.2) is 4.79 Å². The number of rotatable bonds is 13. The van der Waals surface area contributed by atoms with Crippen molar-refractivity contribution in [2.45, 2.75) is 25.6 Å². The quantitative estimate of drug-likeness (QED) is 0.153. The molecule has 1 unspecified atom stereocenters. The Morgan fingerprint density at radius 2 is 1.18 bits per heavy atom. The van der Waals surface area contributed by atoms with Crippen molar-refractivity contribution < 1.29 is 24.2 Å². The minimum atomic E-state index is -1.08. The normalized spacial score (nSPS) is 11.3. The number of carbonyl (C=O) groups excluding carboxylic acids is 1. The van der Waals surface area contributed by atoms with Crippen LogP contribution in [0.4, 0.5) is 5.69 Å². The van der Waals surface area contributed by atoms with E-state index >= 15 is 0 Å². The first-order valence-corrected chi connectivity index (χ1v) is 14.3. The number of nitrogens with zero attached hydrogens (tertiary/aromatic N) is 1. The lowest BCUT2D eigenvalue weighted by atomic mass is 10.0. The fraction of sp³-hybridized carbons (Fsp3) is 0.135. The number of hydrogen-bond acceptors (Lipinski definition) is 5. The molecule has 0 bridgehead atoms. The number of benzene rings is 5. The molecular formula is C37H34N2O5. The van der Waals surface area contributed by atoms with Gasteiger partial charge in [0.15, 0.2) is 0 Å². The third kappa shape index (κ3) is 8.26. The number of aliphatic carboxylic acids is 1. The molecule has 0 aromatic heterocycles. The van der Waals surface area contributed by atoms with E-state index in [-0.39, 0.29) is 6.42 Å². The zero-order valence-corrected chi connectivity index (χ0v) is 24.4. The predicted octanol–water partition coefficient (Wildman–Crippen LogP) is 7.12. The summed E-state index contributed by atoms with van der Waals surface area (Å²) < 4.78 is 11.3. The molecule has 44 heavy (non-hydrogen) atoms. The third-order valence-corrected chi connectivity index (χ3v) is 7.19. The molecule has 7 heteroatoms. The van der Waals surface area contributed by atoms with Gasteiger partial charge in [-0.15, -0.1) is 0 Å². The lowest BCUT2D eigenvalue weighted by Gasteiger charge is -2.26. The van der Waals surface area contributed by atoms with Crippen LogP contribution >= 0.6 is 0 Å². The van der Waals surface area contributed by atoms with Gasteiger partial charge < -0.3 is 24.8 Å². The topological polar surface area (TPSA) is 88.1 Å². The smallest absolute Gasteiger partial charge is 0.326 e. The van der Waals surface area contributed by atoms with Crippen LogP contribution in [0.1, 0.15) is 27.0 Å². The van der Waals surface area contributed by atoms with Gasteiger partial charge in [0.05, 0.1) is 7.11 Å². The largest absolute Gasteiger partial charge is 0.497 e. The first-order valence-electron chi connectivity index (χ1n) is 14.3. The van der Waals surface area contributed by atoms with E-state index in [0.717, 1.165) is 39.6 Å². The standard InChI is InChI=1S/C37H34N2O5/c1-43-32-20-14-29(15-21-32)26-39(31-18-22-34(23-19-31)44-33-10-6-3-7-11-33)25-28-12-16-30(17-13-28)36(40)38-35(37(41)42)24-27-8-4-2-5-9-27/h2-23,35H,24-26H2,1H3,(H,38,40)(H,41,42). The first-order chi connectivity index (χ1) is 21.5. The number of para-hydroxylation sites is 1. The molecule has 5 aromatic carbocycles. The van der Waals surface area contributed by atoms with Crippen LogP contribution in [0.25, 0.3) is 0 Å². The molecule has 0 radical (unpaired) electrons. The number of ether oxygens (including phenoxy) is 2. The fourth-order valence-electron chi connectivity index (χ4n) is 4.81. The maximum absolute atomic E-state index is 13.0. The molecule has 0 saturated carbocycles. The number of amides is 1. The molecule has 0 fully saturated rings. The van der Waals surface area contributed by atoms with Crippen molar-refractivity contribution in [2.75, 3.05) is 12.0 Å². The summed E-state index contributed by atoms with van der Waals surface area (Å²) in [5, 5.41) is 12.3. The molecule has 0 aliphatic carbocycles. The van der Waals surface area contributed by atoms with Crippen LogP contribution in [0.5, 0.6) is 17.2 Å². The van der Waals surface area contributed by atoms with E-state index in [9.17, 15) is 14.7 Å². The molecule has 2 N–H and O–H groups in total. The van der Waals surface area contributed by atoms with Gasteiger partial charge in [0.2, 0.25) is 0 Å². The van der Waals surface area contributed by atoms with Crippen LogP contribution in [0.3, 0.4) is 0 Å². The monoisotopic (exact) mass is 586 g/mol. The average Bonchev–Trinajstić information content (AvgIpc) is 3.06. The molecule has 0 aliphatic rings. The molecule has 7 nitrogen and oxygen atoms in total. The molecule has 0 spiro atoms. The number of nitrogens with one attached hydrogen (secondary N) is 1. The second-order valence-corrected chi connectivity index (χ2v) is 10.4. The van der Waals surface area contributed by atoms with Gasteiger partial charge in [-0.3, -0.25) is 4.79 Å². The van der Waals surface area contributed by atoms with E-state index in [1.54, 1.807) is 19.2 Å². The van der Waals surface area contributed by atoms with Crippen LogP contribution in [-0.2, 0) is 24.3 Å². The zero-order valence-electron chi connectivity index (χ0n) is 24.4. The van der Waals surface area contributed by atoms with Crippen molar-refractivity contribution in [3.63, 3.8) is 0 Å². The summed E-state index contributed by atoms with van der Waals surface area (Å²) in [4.78, 5) is 27.0. The fourth-order valence-corrected chi connectivity index (χ4v) is 4.81. The summed E-state index contributed by atoms with van der Waals surface area (Å²) in [5.74, 6) is 0.809. The van der Waals surface area contributed by atoms with Crippen molar-refractivity contribution >= 4 is 17.6 Å². The second-order valence-electron chi connectivity index (χ2n) is 10.4. The summed E-state index contributed by atoms with van der Waals surface area (Å²) in [5.41, 5.74) is 4.36. The molecule has 0 heterocycles. The Bertz CT molecular complexity index is 1640. The van der Waals surface area contributed by atoms with Crippen molar-refractivity contribution in [3.05, 3.63) is 156 Å². The minimum Gasteiger partial charge on any atom is -0.497 e. The van der Waals surface area contributed by atoms with Crippen LogP contribution in [0.15, 0.2) is 133 Å². The molecule has 5 rings (SSSR count). The molecule has 0 saturated heterocycles. The number of carbonyl (C=O) groups is 2. The number of anilines is 1. The van der Waals surface area contributed by atoms with Crippen molar-refractivity contribution in [3.8, 4) is 17.2 Å². The predicted molar refractivity (Wildman–Crippen MR) is 171 cm³/mol. The highest BCUT2D eigenvalue weighted by atomic mass is 16.5. The summed E-state index contributed by atoms with van der Waals surface area (Å²) >= 11 is 0. The molecule has 0 aliphatic heterocycles. The van der Waals surface area contributed by atoms with Gasteiger partial charge >= 0.3 is 5.97 Å². The maximum atomic E-state index is 13.0. The molecule has 1 atom stereocenters. The number of carboxylic acid groups (broad SMARTS) is 1. The SMILES string of the molecule is COc1ccc(CN(Cc2ccc(C(=O)NC(Cc3ccccc3)C(=O)O)cc2)c2ccc(Oc3ccccc3)cc2)cc1. The van der Waals surface area contributed by atoms with E-state index in [1.807, 2.05) is 121 Å². The van der Waals surface area contributed by atoms with Crippen LogP contribution < -0.4 is 19.7 Å². The lowest BCUT2D eigenvalue weighted by molar-refractivity contribution is -0.139. The van der Waals surface area contributed by atoms with Crippen LogP contribution in [-0.4, -0.2) is 30.1 Å². The van der Waals surface area contributed by atoms with Gasteiger partial charge in [-0.2, -0.15) is 0 Å². The first kappa shape index (κ1) is 29.9. The Labute approximate surface area is 257 Å². The van der Waals surface area contributed by atoms with E-state index in [1.165, 1.54) is 0 Å². The highest BCUT2D eigenvalue weighted by Crippen LogP contribution is 2.27. The molecule has 1 amide bonds. The van der Waals surface area contributed by atoms with E-state index in [4.69, 9.17) is 9.47 Å². The van der Waals surface area contributed by atoms with Crippen molar-refractivity contribution in [2.24, 2.45) is 0 Å². The molecule has 222 valence electrons. The van der Waals surface area contributed by atoms with E-state index in [2.05, 4.69) is 10.2 Å². The Morgan fingerprint density at radius 1 is 0.659 bits per heavy atom. The number of hydrogen-bond donors (Lipinski definition) is 2. The van der Waals surface area contributed by atoms with Crippen molar-refractivity contribution in [1.29, 1.82) is 0 Å². The Hall–Kier alpha value is -5.56. The van der Waals surface area contributed by atoms with E-state index < -0.39 is 17.9 Å². The zero-order chi connectivity index (χ0) is 30.7.